The minimum absolute atomic E-state index is 0.382. The summed E-state index contributed by atoms with van der Waals surface area (Å²) in [6.07, 6.45) is 5.31. The Labute approximate surface area is 91.1 Å². The summed E-state index contributed by atoms with van der Waals surface area (Å²) in [4.78, 5) is 2.41. The summed E-state index contributed by atoms with van der Waals surface area (Å²) in [5.74, 6) is 1.24. The first-order chi connectivity index (χ1) is 7.31. The van der Waals surface area contributed by atoms with Crippen molar-refractivity contribution in [3.8, 4) is 0 Å². The molecule has 2 N–H and O–H groups in total. The summed E-state index contributed by atoms with van der Waals surface area (Å²) < 4.78 is 2.05. The molecule has 1 aromatic rings. The highest BCUT2D eigenvalue weighted by molar-refractivity contribution is 5.38. The average Bonchev–Trinajstić information content (AvgIpc) is 2.61. The molecule has 1 unspecified atom stereocenters. The van der Waals surface area contributed by atoms with Crippen molar-refractivity contribution in [3.63, 3.8) is 0 Å². The molecule has 84 valence electrons. The van der Waals surface area contributed by atoms with Gasteiger partial charge in [-0.25, -0.2) is 0 Å². The Morgan fingerprint density at radius 2 is 2.33 bits per heavy atom. The third-order valence-corrected chi connectivity index (χ3v) is 3.09. The van der Waals surface area contributed by atoms with E-state index < -0.39 is 0 Å². The fourth-order valence-electron chi connectivity index (χ4n) is 2.19. The Hall–Kier alpha value is -1.03. The van der Waals surface area contributed by atoms with Gasteiger partial charge in [-0.05, 0) is 26.2 Å². The van der Waals surface area contributed by atoms with E-state index in [1.54, 1.807) is 0 Å². The Bertz CT molecular complexity index is 307. The lowest BCUT2D eigenvalue weighted by Gasteiger charge is -2.22. The van der Waals surface area contributed by atoms with Gasteiger partial charge in [0.05, 0.1) is 6.20 Å². The van der Waals surface area contributed by atoms with Gasteiger partial charge >= 0.3 is 0 Å². The van der Waals surface area contributed by atoms with Gasteiger partial charge in [0.25, 0.3) is 0 Å². The molecule has 1 aliphatic rings. The van der Waals surface area contributed by atoms with Crippen LogP contribution in [0.5, 0.6) is 0 Å². The maximum absolute atomic E-state index is 5.97. The first-order valence-electron chi connectivity index (χ1n) is 5.83. The maximum Gasteiger partial charge on any atom is 0.126 e. The molecule has 0 aliphatic carbocycles. The van der Waals surface area contributed by atoms with Crippen LogP contribution >= 0.6 is 0 Å². The number of rotatable bonds is 2. The molecule has 4 heteroatoms. The minimum atomic E-state index is 0.382. The fraction of sp³-hybridized carbons (Fsp3) is 0.727. The van der Waals surface area contributed by atoms with Crippen LogP contribution in [-0.2, 0) is 6.54 Å². The van der Waals surface area contributed by atoms with Crippen LogP contribution in [0.2, 0.25) is 0 Å². The summed E-state index contributed by atoms with van der Waals surface area (Å²) >= 11 is 0. The summed E-state index contributed by atoms with van der Waals surface area (Å²) in [6, 6.07) is 2.48. The van der Waals surface area contributed by atoms with Gasteiger partial charge in [-0.15, -0.1) is 0 Å². The van der Waals surface area contributed by atoms with Gasteiger partial charge in [-0.1, -0.05) is 0 Å². The van der Waals surface area contributed by atoms with E-state index in [2.05, 4.69) is 27.7 Å². The van der Waals surface area contributed by atoms with E-state index in [9.17, 15) is 0 Å². The monoisotopic (exact) mass is 208 g/mol. The van der Waals surface area contributed by atoms with Crippen LogP contribution in [0.3, 0.4) is 0 Å². The lowest BCUT2D eigenvalue weighted by Crippen LogP contribution is -2.28. The molecular weight excluding hydrogens is 188 g/mol. The number of hydrogen-bond donors (Lipinski definition) is 1. The van der Waals surface area contributed by atoms with Crippen molar-refractivity contribution in [1.29, 1.82) is 0 Å². The molecule has 0 radical (unpaired) electrons. The van der Waals surface area contributed by atoms with Crippen LogP contribution in [0.4, 0.5) is 5.82 Å². The van der Waals surface area contributed by atoms with E-state index >= 15 is 0 Å². The van der Waals surface area contributed by atoms with Crippen LogP contribution in [0.25, 0.3) is 0 Å². The van der Waals surface area contributed by atoms with Crippen LogP contribution in [0.1, 0.15) is 26.2 Å². The van der Waals surface area contributed by atoms with E-state index in [1.807, 2.05) is 6.20 Å². The predicted octanol–water partition coefficient (Wildman–Crippen LogP) is 1.22. The molecule has 2 heterocycles. The van der Waals surface area contributed by atoms with E-state index in [-0.39, 0.29) is 0 Å². The van der Waals surface area contributed by atoms with Crippen molar-refractivity contribution in [1.82, 2.24) is 9.78 Å². The zero-order valence-electron chi connectivity index (χ0n) is 9.39. The van der Waals surface area contributed by atoms with Crippen LogP contribution < -0.4 is 10.6 Å². The summed E-state index contributed by atoms with van der Waals surface area (Å²) in [5, 5.41) is 4.30. The lowest BCUT2D eigenvalue weighted by atomic mass is 10.1. The number of aryl methyl sites for hydroxylation is 1. The van der Waals surface area contributed by atoms with Gasteiger partial charge in [0.1, 0.15) is 5.82 Å². The summed E-state index contributed by atoms with van der Waals surface area (Å²) in [7, 11) is 0. The molecular formula is C11H20N4. The molecule has 1 fully saturated rings. The van der Waals surface area contributed by atoms with Gasteiger partial charge in [0.15, 0.2) is 0 Å². The summed E-state index contributed by atoms with van der Waals surface area (Å²) in [6.45, 7) is 5.23. The van der Waals surface area contributed by atoms with Crippen molar-refractivity contribution >= 4 is 5.82 Å². The Balaban J connectivity index is 2.09. The Kier molecular flexibility index (Phi) is 3.26. The molecule has 0 bridgehead atoms. The average molecular weight is 208 g/mol. The molecule has 15 heavy (non-hydrogen) atoms. The largest absolute Gasteiger partial charge is 0.357 e. The fourth-order valence-corrected chi connectivity index (χ4v) is 2.19. The number of nitrogens with zero attached hydrogens (tertiary/aromatic N) is 3. The predicted molar refractivity (Wildman–Crippen MR) is 61.9 cm³/mol. The number of hydrogen-bond acceptors (Lipinski definition) is 3. The Morgan fingerprint density at radius 1 is 1.47 bits per heavy atom. The van der Waals surface area contributed by atoms with Crippen LogP contribution in [0.15, 0.2) is 12.3 Å². The first kappa shape index (κ1) is 10.5. The molecule has 1 saturated heterocycles. The zero-order chi connectivity index (χ0) is 10.7. The van der Waals surface area contributed by atoms with Gasteiger partial charge in [0, 0.05) is 31.7 Å². The smallest absolute Gasteiger partial charge is 0.126 e. The third kappa shape index (κ3) is 2.31. The zero-order valence-corrected chi connectivity index (χ0v) is 9.39. The summed E-state index contributed by atoms with van der Waals surface area (Å²) in [5.41, 5.74) is 5.97. The van der Waals surface area contributed by atoms with Gasteiger partial charge < -0.3 is 10.6 Å². The number of nitrogens with two attached hydrogens (primary N) is 1. The maximum atomic E-state index is 5.97. The minimum Gasteiger partial charge on any atom is -0.357 e. The van der Waals surface area contributed by atoms with E-state index in [0.29, 0.717) is 6.04 Å². The van der Waals surface area contributed by atoms with Crippen LogP contribution in [0, 0.1) is 0 Å². The van der Waals surface area contributed by atoms with Crippen molar-refractivity contribution in [3.05, 3.63) is 12.3 Å². The molecule has 2 rings (SSSR count). The Morgan fingerprint density at radius 3 is 3.13 bits per heavy atom. The molecule has 0 amide bonds. The van der Waals surface area contributed by atoms with E-state index in [4.69, 9.17) is 5.73 Å². The van der Waals surface area contributed by atoms with Gasteiger partial charge in [-0.2, -0.15) is 5.10 Å². The SMILES string of the molecule is CCn1nccc1N1CCCC(N)CC1. The molecule has 1 aromatic heterocycles. The second kappa shape index (κ2) is 4.66. The van der Waals surface area contributed by atoms with Crippen molar-refractivity contribution in [2.45, 2.75) is 38.8 Å². The molecule has 0 aromatic carbocycles. The molecule has 0 spiro atoms. The first-order valence-corrected chi connectivity index (χ1v) is 5.83. The highest BCUT2D eigenvalue weighted by Crippen LogP contribution is 2.18. The number of anilines is 1. The molecule has 1 aliphatic heterocycles. The standard InChI is InChI=1S/C11H20N4/c1-2-15-11(5-7-13-15)14-8-3-4-10(12)6-9-14/h5,7,10H,2-4,6,8-9,12H2,1H3. The van der Waals surface area contributed by atoms with Crippen molar-refractivity contribution < 1.29 is 0 Å². The van der Waals surface area contributed by atoms with Gasteiger partial charge in [-0.3, -0.25) is 4.68 Å². The van der Waals surface area contributed by atoms with Gasteiger partial charge in [0.2, 0.25) is 0 Å². The molecule has 4 nitrogen and oxygen atoms in total. The molecule has 1 atom stereocenters. The van der Waals surface area contributed by atoms with E-state index in [1.165, 1.54) is 12.2 Å². The molecule has 0 saturated carbocycles. The number of aromatic nitrogens is 2. The second-order valence-corrected chi connectivity index (χ2v) is 4.18. The highest BCUT2D eigenvalue weighted by Gasteiger charge is 2.16. The lowest BCUT2D eigenvalue weighted by molar-refractivity contribution is 0.600. The third-order valence-electron chi connectivity index (χ3n) is 3.09. The van der Waals surface area contributed by atoms with Crippen LogP contribution in [-0.4, -0.2) is 28.9 Å². The highest BCUT2D eigenvalue weighted by atomic mass is 15.4. The van der Waals surface area contributed by atoms with E-state index in [0.717, 1.165) is 32.5 Å². The normalized spacial score (nSPS) is 22.8. The van der Waals surface area contributed by atoms with Crippen molar-refractivity contribution in [2.75, 3.05) is 18.0 Å². The second-order valence-electron chi connectivity index (χ2n) is 4.18. The van der Waals surface area contributed by atoms with Crippen molar-refractivity contribution in [2.24, 2.45) is 5.73 Å². The quantitative estimate of drug-likeness (QED) is 0.795. The topological polar surface area (TPSA) is 47.1 Å².